The number of carbonyl (C=O) groups is 2. The lowest BCUT2D eigenvalue weighted by atomic mass is 10.0. The van der Waals surface area contributed by atoms with Gasteiger partial charge in [-0.1, -0.05) is 38.1 Å². The Hall–Kier alpha value is -3.59. The van der Waals surface area contributed by atoms with Crippen molar-refractivity contribution in [2.45, 2.75) is 19.8 Å². The Balaban J connectivity index is 2.01. The number of rotatable bonds is 7. The Labute approximate surface area is 164 Å². The molecule has 0 saturated heterocycles. The number of carbonyl (C=O) groups excluding carboxylic acids is 2. The molecule has 144 valence electrons. The van der Waals surface area contributed by atoms with Crippen molar-refractivity contribution in [3.8, 4) is 17.6 Å². The molecule has 0 heterocycles. The van der Waals surface area contributed by atoms with E-state index in [1.54, 1.807) is 30.3 Å². The standard InChI is InChI=1S/C22H21NO5/c1-15(2)17-7-5-8-19(12-17)27-14-21(24)28-20-9-4-6-16(11-20)10-18(13-23)22(25)26-3/h4-12,15H,14H2,1-3H3/b18-10+. The normalized spacial score (nSPS) is 10.9. The number of esters is 2. The maximum absolute atomic E-state index is 12.1. The summed E-state index contributed by atoms with van der Waals surface area (Å²) >= 11 is 0. The number of hydrogen-bond acceptors (Lipinski definition) is 6. The second-order valence-electron chi connectivity index (χ2n) is 6.22. The van der Waals surface area contributed by atoms with E-state index in [1.165, 1.54) is 19.3 Å². The summed E-state index contributed by atoms with van der Waals surface area (Å²) < 4.78 is 15.3. The van der Waals surface area contributed by atoms with Gasteiger partial charge in [-0.3, -0.25) is 0 Å². The first kappa shape index (κ1) is 20.7. The molecule has 0 fully saturated rings. The van der Waals surface area contributed by atoms with Crippen LogP contribution < -0.4 is 9.47 Å². The van der Waals surface area contributed by atoms with Crippen molar-refractivity contribution in [3.05, 3.63) is 65.2 Å². The second kappa shape index (κ2) is 9.93. The molecule has 0 aliphatic heterocycles. The van der Waals surface area contributed by atoms with Crippen LogP contribution in [0.1, 0.15) is 30.9 Å². The molecule has 2 aromatic rings. The van der Waals surface area contributed by atoms with Gasteiger partial charge in [0.2, 0.25) is 0 Å². The van der Waals surface area contributed by atoms with Crippen molar-refractivity contribution in [3.63, 3.8) is 0 Å². The minimum absolute atomic E-state index is 0.153. The van der Waals surface area contributed by atoms with E-state index in [1.807, 2.05) is 18.2 Å². The van der Waals surface area contributed by atoms with E-state index in [4.69, 9.17) is 14.7 Å². The summed E-state index contributed by atoms with van der Waals surface area (Å²) in [6.45, 7) is 3.91. The van der Waals surface area contributed by atoms with Crippen LogP contribution in [-0.4, -0.2) is 25.7 Å². The molecule has 2 aromatic carbocycles. The van der Waals surface area contributed by atoms with Gasteiger partial charge in [-0.25, -0.2) is 9.59 Å². The summed E-state index contributed by atoms with van der Waals surface area (Å²) in [6.07, 6.45) is 1.36. The number of hydrogen-bond donors (Lipinski definition) is 0. The maximum Gasteiger partial charge on any atom is 0.349 e. The fraction of sp³-hybridized carbons (Fsp3) is 0.227. The first-order valence-electron chi connectivity index (χ1n) is 8.66. The van der Waals surface area contributed by atoms with E-state index >= 15 is 0 Å². The molecule has 0 aliphatic carbocycles. The van der Waals surface area contributed by atoms with Gasteiger partial charge in [-0.15, -0.1) is 0 Å². The molecule has 6 nitrogen and oxygen atoms in total. The van der Waals surface area contributed by atoms with Crippen molar-refractivity contribution in [2.24, 2.45) is 0 Å². The summed E-state index contributed by atoms with van der Waals surface area (Å²) in [6, 6.07) is 15.8. The monoisotopic (exact) mass is 379 g/mol. The Morgan fingerprint density at radius 3 is 2.50 bits per heavy atom. The zero-order valence-corrected chi connectivity index (χ0v) is 16.0. The predicted octanol–water partition coefficient (Wildman–Crippen LogP) is 3.87. The quantitative estimate of drug-likeness (QED) is 0.314. The van der Waals surface area contributed by atoms with Crippen LogP contribution in [0, 0.1) is 11.3 Å². The molecule has 0 N–H and O–H groups in total. The van der Waals surface area contributed by atoms with E-state index in [-0.39, 0.29) is 17.9 Å². The number of nitrogens with zero attached hydrogens (tertiary/aromatic N) is 1. The van der Waals surface area contributed by atoms with E-state index in [2.05, 4.69) is 18.6 Å². The highest BCUT2D eigenvalue weighted by Crippen LogP contribution is 2.20. The van der Waals surface area contributed by atoms with Crippen LogP contribution in [0.2, 0.25) is 0 Å². The summed E-state index contributed by atoms with van der Waals surface area (Å²) in [5.41, 5.74) is 1.49. The molecule has 0 radical (unpaired) electrons. The van der Waals surface area contributed by atoms with Gasteiger partial charge >= 0.3 is 11.9 Å². The first-order chi connectivity index (χ1) is 13.4. The van der Waals surface area contributed by atoms with Crippen LogP contribution in [0.15, 0.2) is 54.1 Å². The largest absolute Gasteiger partial charge is 0.482 e. The number of benzene rings is 2. The molecule has 28 heavy (non-hydrogen) atoms. The Morgan fingerprint density at radius 2 is 1.82 bits per heavy atom. The molecule has 6 heteroatoms. The van der Waals surface area contributed by atoms with Crippen molar-refractivity contribution in [2.75, 3.05) is 13.7 Å². The molecule has 0 bridgehead atoms. The van der Waals surface area contributed by atoms with Crippen LogP contribution >= 0.6 is 0 Å². The van der Waals surface area contributed by atoms with Crippen molar-refractivity contribution in [1.29, 1.82) is 5.26 Å². The highest BCUT2D eigenvalue weighted by atomic mass is 16.6. The molecular formula is C22H21NO5. The molecule has 0 amide bonds. The smallest absolute Gasteiger partial charge is 0.349 e. The summed E-state index contributed by atoms with van der Waals surface area (Å²) in [5.74, 6) is -0.0712. The van der Waals surface area contributed by atoms with Crippen LogP contribution in [0.25, 0.3) is 6.08 Å². The van der Waals surface area contributed by atoms with Crippen LogP contribution in [0.3, 0.4) is 0 Å². The summed E-state index contributed by atoms with van der Waals surface area (Å²) in [4.78, 5) is 23.5. The zero-order chi connectivity index (χ0) is 20.5. The summed E-state index contributed by atoms with van der Waals surface area (Å²) in [5, 5.41) is 9.01. The van der Waals surface area contributed by atoms with Crippen molar-refractivity contribution < 1.29 is 23.8 Å². The number of ether oxygens (including phenoxy) is 3. The molecule has 0 saturated carbocycles. The third-order valence-corrected chi connectivity index (χ3v) is 3.81. The second-order valence-corrected chi connectivity index (χ2v) is 6.22. The maximum atomic E-state index is 12.1. The lowest BCUT2D eigenvalue weighted by Crippen LogP contribution is -2.17. The Bertz CT molecular complexity index is 925. The van der Waals surface area contributed by atoms with Crippen LogP contribution in [0.4, 0.5) is 0 Å². The molecule has 0 unspecified atom stereocenters. The van der Waals surface area contributed by atoms with Gasteiger partial charge in [0.1, 0.15) is 23.1 Å². The third-order valence-electron chi connectivity index (χ3n) is 3.81. The Morgan fingerprint density at radius 1 is 1.11 bits per heavy atom. The van der Waals surface area contributed by atoms with Gasteiger partial charge < -0.3 is 14.2 Å². The zero-order valence-electron chi connectivity index (χ0n) is 16.0. The van der Waals surface area contributed by atoms with Gasteiger partial charge in [-0.2, -0.15) is 5.26 Å². The van der Waals surface area contributed by atoms with E-state index < -0.39 is 11.9 Å². The molecule has 2 rings (SSSR count). The van der Waals surface area contributed by atoms with Gasteiger partial charge in [0, 0.05) is 0 Å². The summed E-state index contributed by atoms with van der Waals surface area (Å²) in [7, 11) is 1.20. The van der Waals surface area contributed by atoms with Gasteiger partial charge in [-0.05, 0) is 47.4 Å². The molecular weight excluding hydrogens is 358 g/mol. The minimum Gasteiger partial charge on any atom is -0.482 e. The van der Waals surface area contributed by atoms with E-state index in [9.17, 15) is 9.59 Å². The molecule has 0 aliphatic rings. The van der Waals surface area contributed by atoms with Crippen molar-refractivity contribution in [1.82, 2.24) is 0 Å². The fourth-order valence-corrected chi connectivity index (χ4v) is 2.35. The van der Waals surface area contributed by atoms with Crippen LogP contribution in [-0.2, 0) is 14.3 Å². The Kier molecular flexibility index (Phi) is 7.35. The highest BCUT2D eigenvalue weighted by Gasteiger charge is 2.10. The minimum atomic E-state index is -0.734. The van der Waals surface area contributed by atoms with Gasteiger partial charge in [0.05, 0.1) is 7.11 Å². The van der Waals surface area contributed by atoms with Gasteiger partial charge in [0.15, 0.2) is 6.61 Å². The molecule has 0 spiro atoms. The topological polar surface area (TPSA) is 85.6 Å². The van der Waals surface area contributed by atoms with E-state index in [0.717, 1.165) is 5.56 Å². The van der Waals surface area contributed by atoms with Gasteiger partial charge in [0.25, 0.3) is 0 Å². The third kappa shape index (κ3) is 5.99. The first-order valence-corrected chi connectivity index (χ1v) is 8.66. The lowest BCUT2D eigenvalue weighted by Gasteiger charge is -2.10. The SMILES string of the molecule is COC(=O)/C(C#N)=C/c1cccc(OC(=O)COc2cccc(C(C)C)c2)c1. The average molecular weight is 379 g/mol. The number of methoxy groups -OCH3 is 1. The fourth-order valence-electron chi connectivity index (χ4n) is 2.35. The average Bonchev–Trinajstić information content (AvgIpc) is 2.70. The molecule has 0 aromatic heterocycles. The van der Waals surface area contributed by atoms with Crippen molar-refractivity contribution >= 4 is 18.0 Å². The predicted molar refractivity (Wildman–Crippen MR) is 104 cm³/mol. The number of nitriles is 1. The lowest BCUT2D eigenvalue weighted by molar-refractivity contribution is -0.137. The van der Waals surface area contributed by atoms with E-state index in [0.29, 0.717) is 17.2 Å². The van der Waals surface area contributed by atoms with Crippen LogP contribution in [0.5, 0.6) is 11.5 Å². The highest BCUT2D eigenvalue weighted by molar-refractivity contribution is 5.97. The molecule has 0 atom stereocenters.